The number of hydrogen-bond donors (Lipinski definition) is 0. The highest BCUT2D eigenvalue weighted by Crippen LogP contribution is 2.30. The van der Waals surface area contributed by atoms with Gasteiger partial charge < -0.3 is 14.4 Å². The van der Waals surface area contributed by atoms with Crippen LogP contribution in [0.2, 0.25) is 0 Å². The lowest BCUT2D eigenvalue weighted by Crippen LogP contribution is -2.46. The van der Waals surface area contributed by atoms with Crippen LogP contribution in [0.15, 0.2) is 24.3 Å². The Kier molecular flexibility index (Phi) is 4.79. The Labute approximate surface area is 150 Å². The van der Waals surface area contributed by atoms with Crippen molar-refractivity contribution in [3.63, 3.8) is 0 Å². The highest BCUT2D eigenvalue weighted by molar-refractivity contribution is 6.45. The Bertz CT molecular complexity index is 765. The Morgan fingerprint density at radius 3 is 2.46 bits per heavy atom. The maximum absolute atomic E-state index is 12.4. The highest BCUT2D eigenvalue weighted by atomic mass is 16.6. The summed E-state index contributed by atoms with van der Waals surface area (Å²) in [6, 6.07) is 6.46. The first-order valence-electron chi connectivity index (χ1n) is 8.22. The van der Waals surface area contributed by atoms with Crippen LogP contribution in [0.3, 0.4) is 0 Å². The molecule has 1 aromatic carbocycles. The lowest BCUT2D eigenvalue weighted by molar-refractivity contribution is -0.144. The summed E-state index contributed by atoms with van der Waals surface area (Å²) < 4.78 is 11.4. The number of para-hydroxylation sites is 2. The molecule has 26 heavy (non-hydrogen) atoms. The second kappa shape index (κ2) is 7.03. The largest absolute Gasteiger partial charge is 0.486 e. The summed E-state index contributed by atoms with van der Waals surface area (Å²) in [7, 11) is 1.54. The van der Waals surface area contributed by atoms with Crippen LogP contribution in [0.25, 0.3) is 0 Å². The number of hydrogen-bond acceptors (Lipinski definition) is 6. The van der Waals surface area contributed by atoms with Crippen molar-refractivity contribution >= 4 is 23.8 Å². The molecule has 1 atom stereocenters. The second-order valence-corrected chi connectivity index (χ2v) is 6.00. The molecule has 0 aromatic heterocycles. The fourth-order valence-electron chi connectivity index (χ4n) is 2.78. The number of amides is 5. The van der Waals surface area contributed by atoms with Gasteiger partial charge in [-0.15, -0.1) is 0 Å². The van der Waals surface area contributed by atoms with E-state index in [1.807, 2.05) is 12.1 Å². The molecule has 9 heteroatoms. The monoisotopic (exact) mass is 361 g/mol. The Morgan fingerprint density at radius 2 is 1.81 bits per heavy atom. The fourth-order valence-corrected chi connectivity index (χ4v) is 2.78. The summed E-state index contributed by atoms with van der Waals surface area (Å²) in [5, 5.41) is 0. The van der Waals surface area contributed by atoms with Crippen LogP contribution < -0.4 is 9.47 Å². The first-order chi connectivity index (χ1) is 12.4. The Hall–Kier alpha value is -3.10. The summed E-state index contributed by atoms with van der Waals surface area (Å²) in [6.07, 6.45) is -0.377. The molecular formula is C17H19N3O6. The van der Waals surface area contributed by atoms with Crippen molar-refractivity contribution in [2.24, 2.45) is 0 Å². The SMILES string of the molecule is CCN1C(=O)C(=O)N(CC(=O)N(C)C[C@@H]2COc3ccccc3O2)C1=O. The van der Waals surface area contributed by atoms with Crippen molar-refractivity contribution < 1.29 is 28.7 Å². The van der Waals surface area contributed by atoms with E-state index in [1.165, 1.54) is 11.9 Å². The molecule has 3 rings (SSSR count). The summed E-state index contributed by atoms with van der Waals surface area (Å²) in [5.74, 6) is -1.12. The van der Waals surface area contributed by atoms with Gasteiger partial charge in [0.25, 0.3) is 0 Å². The standard InChI is InChI=1S/C17H19N3O6/c1-3-19-15(22)16(23)20(17(19)24)9-14(21)18(2)8-11-10-25-12-6-4-5-7-13(12)26-11/h4-7,11H,3,8-10H2,1-2H3/t11-/m1/s1. The average Bonchev–Trinajstić information content (AvgIpc) is 2.84. The first kappa shape index (κ1) is 17.7. The molecule has 138 valence electrons. The van der Waals surface area contributed by atoms with Crippen LogP contribution in [0.1, 0.15) is 6.92 Å². The van der Waals surface area contributed by atoms with Gasteiger partial charge in [0.2, 0.25) is 5.91 Å². The number of fused-ring (bicyclic) bond motifs is 1. The molecule has 0 spiro atoms. The number of nitrogens with zero attached hydrogens (tertiary/aromatic N) is 3. The number of benzene rings is 1. The molecule has 2 heterocycles. The van der Waals surface area contributed by atoms with E-state index in [2.05, 4.69) is 0 Å². The van der Waals surface area contributed by atoms with Crippen LogP contribution in [-0.4, -0.2) is 77.8 Å². The van der Waals surface area contributed by atoms with Gasteiger partial charge in [-0.25, -0.2) is 9.69 Å². The third kappa shape index (κ3) is 3.19. The zero-order valence-corrected chi connectivity index (χ0v) is 14.5. The van der Waals surface area contributed by atoms with Crippen molar-refractivity contribution in [1.29, 1.82) is 0 Å². The zero-order chi connectivity index (χ0) is 18.8. The van der Waals surface area contributed by atoms with Crippen molar-refractivity contribution in [3.05, 3.63) is 24.3 Å². The van der Waals surface area contributed by atoms with Crippen molar-refractivity contribution in [2.45, 2.75) is 13.0 Å². The molecule has 1 saturated heterocycles. The number of likely N-dealkylation sites (N-methyl/N-ethyl adjacent to an activating group) is 2. The molecule has 0 N–H and O–H groups in total. The molecular weight excluding hydrogens is 342 g/mol. The summed E-state index contributed by atoms with van der Waals surface area (Å²) >= 11 is 0. The topological polar surface area (TPSA) is 96.5 Å². The van der Waals surface area contributed by atoms with E-state index in [9.17, 15) is 19.2 Å². The molecule has 5 amide bonds. The van der Waals surface area contributed by atoms with Gasteiger partial charge in [-0.05, 0) is 19.1 Å². The molecule has 1 aromatic rings. The quantitative estimate of drug-likeness (QED) is 0.545. The minimum atomic E-state index is -0.982. The van der Waals surface area contributed by atoms with Gasteiger partial charge in [0.05, 0.1) is 6.54 Å². The van der Waals surface area contributed by atoms with Gasteiger partial charge in [0.1, 0.15) is 13.2 Å². The molecule has 9 nitrogen and oxygen atoms in total. The minimum Gasteiger partial charge on any atom is -0.486 e. The molecule has 0 bridgehead atoms. The normalized spacial score (nSPS) is 19.2. The lowest BCUT2D eigenvalue weighted by Gasteiger charge is -2.30. The second-order valence-electron chi connectivity index (χ2n) is 6.00. The number of carbonyl (C=O) groups is 4. The maximum atomic E-state index is 12.4. The number of ether oxygens (including phenoxy) is 2. The first-order valence-corrected chi connectivity index (χ1v) is 8.22. The van der Waals surface area contributed by atoms with Gasteiger partial charge in [-0.3, -0.25) is 19.3 Å². The van der Waals surface area contributed by atoms with Crippen LogP contribution >= 0.6 is 0 Å². The van der Waals surface area contributed by atoms with E-state index >= 15 is 0 Å². The van der Waals surface area contributed by atoms with Crippen molar-refractivity contribution in [3.8, 4) is 11.5 Å². The van der Waals surface area contributed by atoms with Crippen LogP contribution in [0.5, 0.6) is 11.5 Å². The summed E-state index contributed by atoms with van der Waals surface area (Å²) in [6.45, 7) is 1.67. The molecule has 0 radical (unpaired) electrons. The number of rotatable bonds is 5. The molecule has 2 aliphatic heterocycles. The molecule has 0 aliphatic carbocycles. The molecule has 2 aliphatic rings. The molecule has 1 fully saturated rings. The fraction of sp³-hybridized carbons (Fsp3) is 0.412. The predicted octanol–water partition coefficient (Wildman–Crippen LogP) is 0.0955. The third-order valence-corrected chi connectivity index (χ3v) is 4.22. The van der Waals surface area contributed by atoms with Crippen molar-refractivity contribution in [1.82, 2.24) is 14.7 Å². The van der Waals surface area contributed by atoms with E-state index in [1.54, 1.807) is 19.1 Å². The van der Waals surface area contributed by atoms with E-state index in [4.69, 9.17) is 9.47 Å². The molecule has 0 unspecified atom stereocenters. The number of imide groups is 2. The van der Waals surface area contributed by atoms with E-state index in [0.29, 0.717) is 16.4 Å². The summed E-state index contributed by atoms with van der Waals surface area (Å²) in [5.41, 5.74) is 0. The highest BCUT2D eigenvalue weighted by Gasteiger charge is 2.44. The number of urea groups is 1. The van der Waals surface area contributed by atoms with Crippen LogP contribution in [0.4, 0.5) is 4.79 Å². The van der Waals surface area contributed by atoms with Gasteiger partial charge >= 0.3 is 17.8 Å². The van der Waals surface area contributed by atoms with E-state index in [-0.39, 0.29) is 25.8 Å². The van der Waals surface area contributed by atoms with Gasteiger partial charge in [-0.1, -0.05) is 12.1 Å². The minimum absolute atomic E-state index is 0.0800. The maximum Gasteiger partial charge on any atom is 0.334 e. The zero-order valence-electron chi connectivity index (χ0n) is 14.5. The Morgan fingerprint density at radius 1 is 1.15 bits per heavy atom. The predicted molar refractivity (Wildman–Crippen MR) is 88.5 cm³/mol. The number of carbonyl (C=O) groups excluding carboxylic acids is 4. The Balaban J connectivity index is 1.58. The van der Waals surface area contributed by atoms with Gasteiger partial charge in [-0.2, -0.15) is 0 Å². The smallest absolute Gasteiger partial charge is 0.334 e. The van der Waals surface area contributed by atoms with Crippen LogP contribution in [-0.2, 0) is 14.4 Å². The van der Waals surface area contributed by atoms with Gasteiger partial charge in [0.15, 0.2) is 17.6 Å². The van der Waals surface area contributed by atoms with Crippen LogP contribution in [0, 0.1) is 0 Å². The third-order valence-electron chi connectivity index (χ3n) is 4.22. The lowest BCUT2D eigenvalue weighted by atomic mass is 10.2. The van der Waals surface area contributed by atoms with E-state index < -0.39 is 30.3 Å². The molecule has 0 saturated carbocycles. The van der Waals surface area contributed by atoms with Gasteiger partial charge in [0, 0.05) is 13.6 Å². The summed E-state index contributed by atoms with van der Waals surface area (Å²) in [4.78, 5) is 50.8. The van der Waals surface area contributed by atoms with Crippen molar-refractivity contribution in [2.75, 3.05) is 33.3 Å². The average molecular weight is 361 g/mol. The van der Waals surface area contributed by atoms with E-state index in [0.717, 1.165) is 4.90 Å².